The average molecular weight is 225 g/mol. The van der Waals surface area contributed by atoms with Crippen molar-refractivity contribution in [2.45, 2.75) is 45.3 Å². The number of alkyl halides is 1. The van der Waals surface area contributed by atoms with Gasteiger partial charge in [-0.05, 0) is 33.1 Å². The lowest BCUT2D eigenvalue weighted by Crippen LogP contribution is -2.33. The van der Waals surface area contributed by atoms with Crippen LogP contribution in [-0.4, -0.2) is 18.1 Å². The van der Waals surface area contributed by atoms with Gasteiger partial charge in [0.25, 0.3) is 5.91 Å². The summed E-state index contributed by atoms with van der Waals surface area (Å²) in [5, 5.41) is 2.85. The fourth-order valence-corrected chi connectivity index (χ4v) is 2.23. The number of nitrogens with one attached hydrogen (secondary N) is 1. The summed E-state index contributed by atoms with van der Waals surface area (Å²) in [5.41, 5.74) is 1.41. The summed E-state index contributed by atoms with van der Waals surface area (Å²) < 4.78 is 18.1. The van der Waals surface area contributed by atoms with Crippen LogP contribution >= 0.6 is 0 Å². The summed E-state index contributed by atoms with van der Waals surface area (Å²) in [6.07, 6.45) is 2.51. The molecule has 0 bridgehead atoms. The molecule has 1 aromatic heterocycles. The highest BCUT2D eigenvalue weighted by Crippen LogP contribution is 2.23. The van der Waals surface area contributed by atoms with E-state index in [1.54, 1.807) is 13.2 Å². The van der Waals surface area contributed by atoms with E-state index < -0.39 is 6.17 Å². The summed E-state index contributed by atoms with van der Waals surface area (Å²) in [7, 11) is 0. The Morgan fingerprint density at radius 3 is 2.75 bits per heavy atom. The van der Waals surface area contributed by atoms with Gasteiger partial charge in [0.2, 0.25) is 0 Å². The van der Waals surface area contributed by atoms with Gasteiger partial charge in [-0.1, -0.05) is 0 Å². The average Bonchev–Trinajstić information content (AvgIpc) is 2.74. The SMILES string of the molecule is Cc1coc(C)c1C(=O)N[C@H]1CC[C@H](F)C1. The molecule has 1 fully saturated rings. The second-order valence-electron chi connectivity index (χ2n) is 4.43. The zero-order valence-corrected chi connectivity index (χ0v) is 9.55. The largest absolute Gasteiger partial charge is 0.469 e. The van der Waals surface area contributed by atoms with Crippen molar-refractivity contribution in [3.05, 3.63) is 23.2 Å². The molecule has 1 amide bonds. The molecule has 1 aliphatic carbocycles. The first-order chi connectivity index (χ1) is 7.58. The van der Waals surface area contributed by atoms with E-state index in [2.05, 4.69) is 5.32 Å². The van der Waals surface area contributed by atoms with Crippen LogP contribution in [0.25, 0.3) is 0 Å². The second kappa shape index (κ2) is 4.28. The fourth-order valence-electron chi connectivity index (χ4n) is 2.23. The van der Waals surface area contributed by atoms with E-state index in [1.165, 1.54) is 0 Å². The van der Waals surface area contributed by atoms with Gasteiger partial charge >= 0.3 is 0 Å². The van der Waals surface area contributed by atoms with Crippen molar-refractivity contribution in [1.29, 1.82) is 0 Å². The number of rotatable bonds is 2. The van der Waals surface area contributed by atoms with Gasteiger partial charge in [-0.3, -0.25) is 4.79 Å². The van der Waals surface area contributed by atoms with Gasteiger partial charge in [-0.25, -0.2) is 4.39 Å². The molecule has 1 saturated carbocycles. The number of halogens is 1. The van der Waals surface area contributed by atoms with Gasteiger partial charge in [-0.15, -0.1) is 0 Å². The van der Waals surface area contributed by atoms with Crippen molar-refractivity contribution in [2.75, 3.05) is 0 Å². The van der Waals surface area contributed by atoms with Crippen molar-refractivity contribution in [3.8, 4) is 0 Å². The van der Waals surface area contributed by atoms with E-state index in [4.69, 9.17) is 4.42 Å². The lowest BCUT2D eigenvalue weighted by Gasteiger charge is -2.11. The van der Waals surface area contributed by atoms with E-state index in [-0.39, 0.29) is 11.9 Å². The molecular formula is C12H16FNO2. The first-order valence-electron chi connectivity index (χ1n) is 5.57. The van der Waals surface area contributed by atoms with Crippen LogP contribution in [0.3, 0.4) is 0 Å². The molecule has 2 rings (SSSR count). The van der Waals surface area contributed by atoms with Crippen molar-refractivity contribution in [1.82, 2.24) is 5.32 Å². The first-order valence-corrected chi connectivity index (χ1v) is 5.57. The van der Waals surface area contributed by atoms with Crippen molar-refractivity contribution < 1.29 is 13.6 Å². The molecule has 1 aliphatic rings. The van der Waals surface area contributed by atoms with Crippen LogP contribution in [0.4, 0.5) is 4.39 Å². The fraction of sp³-hybridized carbons (Fsp3) is 0.583. The molecule has 1 N–H and O–H groups in total. The van der Waals surface area contributed by atoms with Crippen molar-refractivity contribution in [3.63, 3.8) is 0 Å². The zero-order valence-electron chi connectivity index (χ0n) is 9.55. The molecular weight excluding hydrogens is 209 g/mol. The quantitative estimate of drug-likeness (QED) is 0.840. The zero-order chi connectivity index (χ0) is 11.7. The predicted octanol–water partition coefficient (Wildman–Crippen LogP) is 2.52. The summed E-state index contributed by atoms with van der Waals surface area (Å²) in [6.45, 7) is 3.59. The van der Waals surface area contributed by atoms with E-state index >= 15 is 0 Å². The maximum atomic E-state index is 13.0. The summed E-state index contributed by atoms with van der Waals surface area (Å²) in [6, 6.07) is -0.0313. The lowest BCUT2D eigenvalue weighted by atomic mass is 10.1. The summed E-state index contributed by atoms with van der Waals surface area (Å²) in [5.74, 6) is 0.465. The highest BCUT2D eigenvalue weighted by molar-refractivity contribution is 5.96. The lowest BCUT2D eigenvalue weighted by molar-refractivity contribution is 0.0934. The molecule has 4 heteroatoms. The van der Waals surface area contributed by atoms with Crippen LogP contribution in [0.15, 0.2) is 10.7 Å². The monoisotopic (exact) mass is 225 g/mol. The van der Waals surface area contributed by atoms with Crippen LogP contribution in [-0.2, 0) is 0 Å². The van der Waals surface area contributed by atoms with Crippen molar-refractivity contribution in [2.24, 2.45) is 0 Å². The van der Waals surface area contributed by atoms with Crippen LogP contribution < -0.4 is 5.32 Å². The molecule has 0 unspecified atom stereocenters. The van der Waals surface area contributed by atoms with Crippen molar-refractivity contribution >= 4 is 5.91 Å². The predicted molar refractivity (Wildman–Crippen MR) is 58.2 cm³/mol. The normalized spacial score (nSPS) is 24.7. The third-order valence-electron chi connectivity index (χ3n) is 3.09. The number of furan rings is 1. The Kier molecular flexibility index (Phi) is 2.99. The number of hydrogen-bond donors (Lipinski definition) is 1. The minimum atomic E-state index is -0.767. The maximum absolute atomic E-state index is 13.0. The molecule has 2 atom stereocenters. The van der Waals surface area contributed by atoms with E-state index in [0.717, 1.165) is 12.0 Å². The molecule has 0 aromatic carbocycles. The Morgan fingerprint density at radius 2 is 2.25 bits per heavy atom. The van der Waals surface area contributed by atoms with Gasteiger partial charge in [0.15, 0.2) is 0 Å². The van der Waals surface area contributed by atoms with E-state index in [0.29, 0.717) is 24.2 Å². The summed E-state index contributed by atoms with van der Waals surface area (Å²) >= 11 is 0. The number of aryl methyl sites for hydroxylation is 2. The smallest absolute Gasteiger partial charge is 0.255 e. The Morgan fingerprint density at radius 1 is 1.50 bits per heavy atom. The number of carbonyl (C=O) groups excluding carboxylic acids is 1. The maximum Gasteiger partial charge on any atom is 0.255 e. The molecule has 0 radical (unpaired) electrons. The summed E-state index contributed by atoms with van der Waals surface area (Å²) in [4.78, 5) is 11.9. The number of carbonyl (C=O) groups is 1. The Bertz CT molecular complexity index is 380. The van der Waals surface area contributed by atoms with Crippen LogP contribution in [0.1, 0.15) is 40.9 Å². The minimum absolute atomic E-state index is 0.0313. The molecule has 3 nitrogen and oxygen atoms in total. The molecule has 0 aliphatic heterocycles. The third-order valence-corrected chi connectivity index (χ3v) is 3.09. The van der Waals surface area contributed by atoms with Crippen LogP contribution in [0.5, 0.6) is 0 Å². The van der Waals surface area contributed by atoms with Gasteiger partial charge in [-0.2, -0.15) is 0 Å². The minimum Gasteiger partial charge on any atom is -0.469 e. The highest BCUT2D eigenvalue weighted by atomic mass is 19.1. The Hall–Kier alpha value is -1.32. The van der Waals surface area contributed by atoms with Gasteiger partial charge in [0.1, 0.15) is 11.9 Å². The molecule has 0 spiro atoms. The Balaban J connectivity index is 2.03. The highest BCUT2D eigenvalue weighted by Gasteiger charge is 2.27. The second-order valence-corrected chi connectivity index (χ2v) is 4.43. The van der Waals surface area contributed by atoms with E-state index in [1.807, 2.05) is 6.92 Å². The van der Waals surface area contributed by atoms with Crippen LogP contribution in [0, 0.1) is 13.8 Å². The Labute approximate surface area is 94.0 Å². The standard InChI is InChI=1S/C12H16FNO2/c1-7-6-16-8(2)11(7)12(15)14-10-4-3-9(13)5-10/h6,9-10H,3-5H2,1-2H3,(H,14,15)/t9-,10-/m0/s1. The van der Waals surface area contributed by atoms with Gasteiger partial charge in [0, 0.05) is 11.6 Å². The van der Waals surface area contributed by atoms with E-state index in [9.17, 15) is 9.18 Å². The third kappa shape index (κ3) is 2.10. The molecule has 16 heavy (non-hydrogen) atoms. The number of hydrogen-bond acceptors (Lipinski definition) is 2. The van der Waals surface area contributed by atoms with Crippen LogP contribution in [0.2, 0.25) is 0 Å². The van der Waals surface area contributed by atoms with Gasteiger partial charge in [0.05, 0.1) is 11.8 Å². The molecule has 0 saturated heterocycles. The topological polar surface area (TPSA) is 42.2 Å². The molecule has 1 aromatic rings. The number of amides is 1. The molecule has 88 valence electrons. The van der Waals surface area contributed by atoms with Gasteiger partial charge < -0.3 is 9.73 Å². The first kappa shape index (κ1) is 11.2. The molecule has 1 heterocycles.